The van der Waals surface area contributed by atoms with E-state index in [1.54, 1.807) is 18.2 Å². The van der Waals surface area contributed by atoms with Crippen LogP contribution < -0.4 is 5.32 Å². The molecule has 1 aliphatic heterocycles. The second-order valence-electron chi connectivity index (χ2n) is 6.34. The molecule has 2 aromatic rings. The van der Waals surface area contributed by atoms with Crippen LogP contribution in [0.25, 0.3) is 6.08 Å². The lowest BCUT2D eigenvalue weighted by Crippen LogP contribution is -2.36. The summed E-state index contributed by atoms with van der Waals surface area (Å²) < 4.78 is 0. The van der Waals surface area contributed by atoms with Crippen LogP contribution in [0.2, 0.25) is 0 Å². The van der Waals surface area contributed by atoms with Crippen molar-refractivity contribution in [3.63, 3.8) is 0 Å². The highest BCUT2D eigenvalue weighted by Gasteiger charge is 2.36. The number of thioether (sulfide) groups is 1. The van der Waals surface area contributed by atoms with Crippen LogP contribution in [0.1, 0.15) is 22.5 Å². The molecule has 1 aliphatic rings. The fraction of sp³-hybridized carbons (Fsp3) is 0.200. The number of amides is 3. The number of nitrogens with zero attached hydrogens (tertiary/aromatic N) is 2. The number of hydrogen-bond acceptors (Lipinski definition) is 5. The number of hydrogen-bond donors (Lipinski definition) is 1. The van der Waals surface area contributed by atoms with Crippen LogP contribution in [-0.4, -0.2) is 33.5 Å². The van der Waals surface area contributed by atoms with Gasteiger partial charge in [0.2, 0.25) is 5.91 Å². The lowest BCUT2D eigenvalue weighted by atomic mass is 10.1. The van der Waals surface area contributed by atoms with E-state index < -0.39 is 17.1 Å². The van der Waals surface area contributed by atoms with E-state index in [0.717, 1.165) is 33.5 Å². The standard InChI is InChI=1S/C20H19N3O3S/c1-12-7-8-16(13(2)9-12)22-18(24)11-23-19(25)17(27-20(23)26)10-15-6-4-5-14(3)21-15/h4-10H,11H2,1-3H3,(H,22,24). The number of nitrogens with one attached hydrogen (secondary N) is 1. The maximum absolute atomic E-state index is 12.5. The molecule has 1 fully saturated rings. The summed E-state index contributed by atoms with van der Waals surface area (Å²) in [6.07, 6.45) is 1.57. The first kappa shape index (κ1) is 18.8. The van der Waals surface area contributed by atoms with Crippen molar-refractivity contribution in [2.45, 2.75) is 20.8 Å². The van der Waals surface area contributed by atoms with Crippen molar-refractivity contribution in [1.82, 2.24) is 9.88 Å². The average molecular weight is 381 g/mol. The molecule has 0 unspecified atom stereocenters. The van der Waals surface area contributed by atoms with Gasteiger partial charge < -0.3 is 5.32 Å². The van der Waals surface area contributed by atoms with Gasteiger partial charge in [0.15, 0.2) is 0 Å². The number of rotatable bonds is 4. The minimum Gasteiger partial charge on any atom is -0.324 e. The number of aryl methyl sites for hydroxylation is 3. The van der Waals surface area contributed by atoms with Crippen LogP contribution in [0.5, 0.6) is 0 Å². The van der Waals surface area contributed by atoms with E-state index in [4.69, 9.17) is 0 Å². The number of aromatic nitrogens is 1. The molecule has 1 saturated heterocycles. The van der Waals surface area contributed by atoms with Gasteiger partial charge in [-0.3, -0.25) is 24.3 Å². The van der Waals surface area contributed by atoms with Gasteiger partial charge in [-0.15, -0.1) is 0 Å². The Labute approximate surface area is 161 Å². The summed E-state index contributed by atoms with van der Waals surface area (Å²) in [5.41, 5.74) is 4.09. The molecule has 7 heteroatoms. The summed E-state index contributed by atoms with van der Waals surface area (Å²) in [4.78, 5) is 42.5. The third-order valence-corrected chi connectivity index (χ3v) is 4.93. The monoisotopic (exact) mass is 381 g/mol. The summed E-state index contributed by atoms with van der Waals surface area (Å²) in [5, 5.41) is 2.29. The summed E-state index contributed by atoms with van der Waals surface area (Å²) in [6.45, 7) is 5.38. The molecular formula is C20H19N3O3S. The minimum absolute atomic E-state index is 0.261. The third-order valence-electron chi connectivity index (χ3n) is 4.02. The Balaban J connectivity index is 1.71. The van der Waals surface area contributed by atoms with Crippen LogP contribution in [0.4, 0.5) is 10.5 Å². The van der Waals surface area contributed by atoms with Crippen LogP contribution in [0.3, 0.4) is 0 Å². The second kappa shape index (κ2) is 7.75. The van der Waals surface area contributed by atoms with Crippen LogP contribution in [-0.2, 0) is 9.59 Å². The molecule has 1 aromatic carbocycles. The Morgan fingerprint density at radius 3 is 2.67 bits per heavy atom. The van der Waals surface area contributed by atoms with Gasteiger partial charge in [-0.2, -0.15) is 0 Å². The molecule has 0 aliphatic carbocycles. The molecule has 0 atom stereocenters. The Kier molecular flexibility index (Phi) is 5.41. The summed E-state index contributed by atoms with van der Waals surface area (Å²) in [7, 11) is 0. The molecule has 138 valence electrons. The van der Waals surface area contributed by atoms with Gasteiger partial charge in [0.25, 0.3) is 11.1 Å². The third kappa shape index (κ3) is 4.43. The molecule has 1 N–H and O–H groups in total. The zero-order chi connectivity index (χ0) is 19.6. The second-order valence-corrected chi connectivity index (χ2v) is 7.33. The topological polar surface area (TPSA) is 79.4 Å². The maximum atomic E-state index is 12.5. The maximum Gasteiger partial charge on any atom is 0.294 e. The van der Waals surface area contributed by atoms with Crippen molar-refractivity contribution in [3.05, 3.63) is 63.8 Å². The number of benzene rings is 1. The van der Waals surface area contributed by atoms with Crippen LogP contribution in [0.15, 0.2) is 41.3 Å². The Morgan fingerprint density at radius 1 is 1.19 bits per heavy atom. The van der Waals surface area contributed by atoms with Crippen molar-refractivity contribution >= 4 is 40.6 Å². The smallest absolute Gasteiger partial charge is 0.294 e. The van der Waals surface area contributed by atoms with Gasteiger partial charge in [-0.1, -0.05) is 23.8 Å². The Bertz CT molecular complexity index is 969. The predicted molar refractivity (Wildman–Crippen MR) is 106 cm³/mol. The first-order valence-corrected chi connectivity index (χ1v) is 9.21. The zero-order valence-electron chi connectivity index (χ0n) is 15.3. The van der Waals surface area contributed by atoms with E-state index in [0.29, 0.717) is 11.4 Å². The van der Waals surface area contributed by atoms with Gasteiger partial charge in [-0.05, 0) is 62.4 Å². The summed E-state index contributed by atoms with van der Waals surface area (Å²) in [6, 6.07) is 11.1. The quantitative estimate of drug-likeness (QED) is 0.817. The van der Waals surface area contributed by atoms with Gasteiger partial charge in [-0.25, -0.2) is 0 Å². The van der Waals surface area contributed by atoms with E-state index in [2.05, 4.69) is 10.3 Å². The number of carbonyl (C=O) groups excluding carboxylic acids is 3. The molecular weight excluding hydrogens is 362 g/mol. The summed E-state index contributed by atoms with van der Waals surface area (Å²) in [5.74, 6) is -0.900. The van der Waals surface area contributed by atoms with Crippen LogP contribution in [0, 0.1) is 20.8 Å². The van der Waals surface area contributed by atoms with Crippen molar-refractivity contribution in [3.8, 4) is 0 Å². The van der Waals surface area contributed by atoms with E-state index in [-0.39, 0.29) is 11.4 Å². The predicted octanol–water partition coefficient (Wildman–Crippen LogP) is 3.68. The van der Waals surface area contributed by atoms with Crippen LogP contribution >= 0.6 is 11.8 Å². The van der Waals surface area contributed by atoms with Crippen molar-refractivity contribution in [1.29, 1.82) is 0 Å². The van der Waals surface area contributed by atoms with E-state index >= 15 is 0 Å². The molecule has 6 nitrogen and oxygen atoms in total. The van der Waals surface area contributed by atoms with Crippen molar-refractivity contribution in [2.75, 3.05) is 11.9 Å². The Morgan fingerprint density at radius 2 is 1.96 bits per heavy atom. The number of carbonyl (C=O) groups is 3. The molecule has 0 radical (unpaired) electrons. The SMILES string of the molecule is Cc1ccc(NC(=O)CN2C(=O)SC(=Cc3cccc(C)n3)C2=O)c(C)c1. The highest BCUT2D eigenvalue weighted by atomic mass is 32.2. The number of anilines is 1. The summed E-state index contributed by atoms with van der Waals surface area (Å²) >= 11 is 0.814. The largest absolute Gasteiger partial charge is 0.324 e. The highest BCUT2D eigenvalue weighted by molar-refractivity contribution is 8.18. The van der Waals surface area contributed by atoms with Crippen molar-refractivity contribution in [2.24, 2.45) is 0 Å². The zero-order valence-corrected chi connectivity index (χ0v) is 16.1. The molecule has 0 bridgehead atoms. The van der Waals surface area contributed by atoms with E-state index in [1.807, 2.05) is 45.0 Å². The van der Waals surface area contributed by atoms with Gasteiger partial charge >= 0.3 is 0 Å². The van der Waals surface area contributed by atoms with E-state index in [1.165, 1.54) is 0 Å². The lowest BCUT2D eigenvalue weighted by Gasteiger charge is -2.13. The molecule has 3 rings (SSSR count). The normalized spacial score (nSPS) is 15.5. The average Bonchev–Trinajstić information content (AvgIpc) is 2.85. The molecule has 0 spiro atoms. The molecule has 1 aromatic heterocycles. The van der Waals surface area contributed by atoms with Crippen molar-refractivity contribution < 1.29 is 14.4 Å². The highest BCUT2D eigenvalue weighted by Crippen LogP contribution is 2.31. The van der Waals surface area contributed by atoms with Gasteiger partial charge in [0.05, 0.1) is 10.6 Å². The number of pyridine rings is 1. The number of imide groups is 1. The van der Waals surface area contributed by atoms with Gasteiger partial charge in [0, 0.05) is 11.4 Å². The lowest BCUT2D eigenvalue weighted by molar-refractivity contribution is -0.127. The van der Waals surface area contributed by atoms with E-state index in [9.17, 15) is 14.4 Å². The first-order valence-electron chi connectivity index (χ1n) is 8.39. The minimum atomic E-state index is -0.482. The molecule has 3 amide bonds. The first-order chi connectivity index (χ1) is 12.8. The molecule has 2 heterocycles. The molecule has 27 heavy (non-hydrogen) atoms. The fourth-order valence-corrected chi connectivity index (χ4v) is 3.53. The Hall–Kier alpha value is -2.93. The van der Waals surface area contributed by atoms with Gasteiger partial charge in [0.1, 0.15) is 6.54 Å². The molecule has 0 saturated carbocycles. The fourth-order valence-electron chi connectivity index (χ4n) is 2.70.